The third-order valence-electron chi connectivity index (χ3n) is 5.36. The van der Waals surface area contributed by atoms with E-state index < -0.39 is 0 Å². The molecular weight excluding hydrogens is 292 g/mol. The third-order valence-corrected chi connectivity index (χ3v) is 5.36. The van der Waals surface area contributed by atoms with E-state index in [9.17, 15) is 0 Å². The summed E-state index contributed by atoms with van der Waals surface area (Å²) in [7, 11) is 0. The number of aromatic amines is 1. The Balaban J connectivity index is 1.67. The van der Waals surface area contributed by atoms with Crippen molar-refractivity contribution in [2.75, 3.05) is 6.54 Å². The quantitative estimate of drug-likeness (QED) is 0.722. The first-order valence-corrected chi connectivity index (χ1v) is 9.21. The molecule has 0 aliphatic carbocycles. The lowest BCUT2D eigenvalue weighted by Gasteiger charge is -2.34. The van der Waals surface area contributed by atoms with Crippen molar-refractivity contribution in [3.05, 3.63) is 71.4 Å². The molecule has 3 aromatic rings. The van der Waals surface area contributed by atoms with Gasteiger partial charge in [-0.1, -0.05) is 55.8 Å². The van der Waals surface area contributed by atoms with Crippen molar-refractivity contribution in [2.24, 2.45) is 0 Å². The molecule has 0 bridgehead atoms. The lowest BCUT2D eigenvalue weighted by atomic mass is 9.93. The van der Waals surface area contributed by atoms with Crippen molar-refractivity contribution in [2.45, 2.75) is 45.2 Å². The molecule has 2 heterocycles. The van der Waals surface area contributed by atoms with Crippen molar-refractivity contribution in [1.29, 1.82) is 0 Å². The number of nitrogens with one attached hydrogen (secondary N) is 1. The predicted molar refractivity (Wildman–Crippen MR) is 101 cm³/mol. The standard InChI is InChI=1S/C22H26N2/c1-2-7-20-14-18-10-6-11-21-22(18)19(15-23-21)12-13-24(20)16-17-8-4-3-5-9-17/h3-6,8-11,15,20,23H,2,7,12-14,16H2,1H3. The fourth-order valence-corrected chi connectivity index (χ4v) is 4.18. The highest BCUT2D eigenvalue weighted by molar-refractivity contribution is 5.86. The fourth-order valence-electron chi connectivity index (χ4n) is 4.18. The molecule has 0 saturated heterocycles. The molecule has 24 heavy (non-hydrogen) atoms. The topological polar surface area (TPSA) is 19.0 Å². The molecule has 0 amide bonds. The zero-order chi connectivity index (χ0) is 16.4. The van der Waals surface area contributed by atoms with E-state index in [2.05, 4.69) is 71.5 Å². The molecule has 1 aliphatic heterocycles. The first-order valence-electron chi connectivity index (χ1n) is 9.21. The molecule has 2 heteroatoms. The maximum atomic E-state index is 3.47. The molecule has 1 aliphatic rings. The first kappa shape index (κ1) is 15.5. The van der Waals surface area contributed by atoms with E-state index in [4.69, 9.17) is 0 Å². The van der Waals surface area contributed by atoms with Crippen LogP contribution in [0.3, 0.4) is 0 Å². The lowest BCUT2D eigenvalue weighted by Crippen LogP contribution is -2.38. The zero-order valence-electron chi connectivity index (χ0n) is 14.5. The van der Waals surface area contributed by atoms with Crippen molar-refractivity contribution in [3.63, 3.8) is 0 Å². The Kier molecular flexibility index (Phi) is 4.40. The molecule has 1 atom stereocenters. The third kappa shape index (κ3) is 2.99. The first-order chi connectivity index (χ1) is 11.8. The summed E-state index contributed by atoms with van der Waals surface area (Å²) in [5, 5.41) is 1.48. The number of aromatic nitrogens is 1. The van der Waals surface area contributed by atoms with Gasteiger partial charge in [-0.05, 0) is 42.0 Å². The van der Waals surface area contributed by atoms with Crippen molar-refractivity contribution < 1.29 is 0 Å². The second-order valence-corrected chi connectivity index (χ2v) is 7.01. The molecule has 4 rings (SSSR count). The Hall–Kier alpha value is -2.06. The highest BCUT2D eigenvalue weighted by atomic mass is 15.1. The Morgan fingerprint density at radius 2 is 1.92 bits per heavy atom. The van der Waals surface area contributed by atoms with Gasteiger partial charge in [0.15, 0.2) is 0 Å². The van der Waals surface area contributed by atoms with Crippen LogP contribution in [0.1, 0.15) is 36.5 Å². The van der Waals surface area contributed by atoms with E-state index in [0.29, 0.717) is 6.04 Å². The predicted octanol–water partition coefficient (Wildman–Crippen LogP) is 4.94. The van der Waals surface area contributed by atoms with Crippen molar-refractivity contribution in [3.8, 4) is 0 Å². The van der Waals surface area contributed by atoms with Crippen molar-refractivity contribution in [1.82, 2.24) is 9.88 Å². The van der Waals surface area contributed by atoms with Gasteiger partial charge in [0.1, 0.15) is 0 Å². The van der Waals surface area contributed by atoms with Crippen LogP contribution >= 0.6 is 0 Å². The number of H-pyrrole nitrogens is 1. The molecule has 124 valence electrons. The maximum Gasteiger partial charge on any atom is 0.0459 e. The summed E-state index contributed by atoms with van der Waals surface area (Å²) >= 11 is 0. The maximum absolute atomic E-state index is 3.47. The second kappa shape index (κ2) is 6.82. The Morgan fingerprint density at radius 3 is 2.75 bits per heavy atom. The minimum atomic E-state index is 0.629. The van der Waals surface area contributed by atoms with Crippen LogP contribution in [0.4, 0.5) is 0 Å². The van der Waals surface area contributed by atoms with Gasteiger partial charge in [0.05, 0.1) is 0 Å². The molecular formula is C22H26N2. The highest BCUT2D eigenvalue weighted by Gasteiger charge is 2.23. The molecule has 0 spiro atoms. The monoisotopic (exact) mass is 318 g/mol. The molecule has 0 fully saturated rings. The smallest absolute Gasteiger partial charge is 0.0459 e. The average Bonchev–Trinajstić information content (AvgIpc) is 3.02. The van der Waals surface area contributed by atoms with Crippen LogP contribution in [0.2, 0.25) is 0 Å². The van der Waals surface area contributed by atoms with Crippen LogP contribution in [0, 0.1) is 0 Å². The summed E-state index contributed by atoms with van der Waals surface area (Å²) in [6.45, 7) is 4.50. The summed E-state index contributed by atoms with van der Waals surface area (Å²) in [6.07, 6.45) is 7.01. The summed E-state index contributed by atoms with van der Waals surface area (Å²) in [5.74, 6) is 0. The molecule has 0 radical (unpaired) electrons. The molecule has 0 saturated carbocycles. The Bertz CT molecular complexity index is 803. The molecule has 1 unspecified atom stereocenters. The summed E-state index contributed by atoms with van der Waals surface area (Å²) in [4.78, 5) is 6.17. The van der Waals surface area contributed by atoms with E-state index in [1.165, 1.54) is 40.4 Å². The normalized spacial score (nSPS) is 18.5. The van der Waals surface area contributed by atoms with E-state index in [-0.39, 0.29) is 0 Å². The van der Waals surface area contributed by atoms with Gasteiger partial charge in [-0.25, -0.2) is 0 Å². The van der Waals surface area contributed by atoms with Gasteiger partial charge in [-0.2, -0.15) is 0 Å². The highest BCUT2D eigenvalue weighted by Crippen LogP contribution is 2.29. The zero-order valence-corrected chi connectivity index (χ0v) is 14.5. The van der Waals surface area contributed by atoms with Gasteiger partial charge >= 0.3 is 0 Å². The second-order valence-electron chi connectivity index (χ2n) is 7.01. The van der Waals surface area contributed by atoms with Crippen LogP contribution in [0.25, 0.3) is 10.9 Å². The minimum absolute atomic E-state index is 0.629. The molecule has 1 aromatic heterocycles. The van der Waals surface area contributed by atoms with Crippen LogP contribution in [0.5, 0.6) is 0 Å². The van der Waals surface area contributed by atoms with Crippen LogP contribution in [-0.2, 0) is 19.4 Å². The van der Waals surface area contributed by atoms with Gasteiger partial charge in [-0.15, -0.1) is 0 Å². The van der Waals surface area contributed by atoms with Crippen molar-refractivity contribution >= 4 is 10.9 Å². The van der Waals surface area contributed by atoms with Crippen LogP contribution in [-0.4, -0.2) is 22.5 Å². The van der Waals surface area contributed by atoms with E-state index in [0.717, 1.165) is 25.9 Å². The van der Waals surface area contributed by atoms with E-state index >= 15 is 0 Å². The molecule has 2 nitrogen and oxygen atoms in total. The number of hydrogen-bond acceptors (Lipinski definition) is 1. The van der Waals surface area contributed by atoms with E-state index in [1.807, 2.05) is 0 Å². The summed E-state index contributed by atoms with van der Waals surface area (Å²) in [6, 6.07) is 18.3. The SMILES string of the molecule is CCCC1Cc2cccc3[nH]cc(c23)CCN1Cc1ccccc1. The number of hydrogen-bond donors (Lipinski definition) is 1. The average molecular weight is 318 g/mol. The van der Waals surface area contributed by atoms with Gasteiger partial charge in [0, 0.05) is 36.2 Å². The number of nitrogens with zero attached hydrogens (tertiary/aromatic N) is 1. The lowest BCUT2D eigenvalue weighted by molar-refractivity contribution is 0.176. The van der Waals surface area contributed by atoms with Crippen LogP contribution in [0.15, 0.2) is 54.7 Å². The molecule has 1 N–H and O–H groups in total. The molecule has 2 aromatic carbocycles. The van der Waals surface area contributed by atoms with Gasteiger partial charge in [0.25, 0.3) is 0 Å². The minimum Gasteiger partial charge on any atom is -0.361 e. The van der Waals surface area contributed by atoms with E-state index in [1.54, 1.807) is 0 Å². The summed E-state index contributed by atoms with van der Waals surface area (Å²) < 4.78 is 0. The fraction of sp³-hybridized carbons (Fsp3) is 0.364. The Morgan fingerprint density at radius 1 is 1.04 bits per heavy atom. The summed E-state index contributed by atoms with van der Waals surface area (Å²) in [5.41, 5.74) is 5.72. The Labute approximate surface area is 144 Å². The van der Waals surface area contributed by atoms with Gasteiger partial charge < -0.3 is 4.98 Å². The van der Waals surface area contributed by atoms with Gasteiger partial charge in [0.2, 0.25) is 0 Å². The number of benzene rings is 2. The largest absolute Gasteiger partial charge is 0.361 e. The van der Waals surface area contributed by atoms with Crippen LogP contribution < -0.4 is 0 Å². The van der Waals surface area contributed by atoms with Gasteiger partial charge in [-0.3, -0.25) is 4.90 Å². The number of rotatable bonds is 4.